The number of carbonyl (C=O) groups is 1. The molecule has 0 bridgehead atoms. The van der Waals surface area contributed by atoms with Crippen molar-refractivity contribution in [3.05, 3.63) is 0 Å². The number of carbonyl (C=O) groups excluding carboxylic acids is 1. The second-order valence-corrected chi connectivity index (χ2v) is 8.40. The summed E-state index contributed by atoms with van der Waals surface area (Å²) in [6.45, 7) is 8.50. The summed E-state index contributed by atoms with van der Waals surface area (Å²) in [5.41, 5.74) is -0.378. The summed E-state index contributed by atoms with van der Waals surface area (Å²) in [6, 6.07) is 0. The van der Waals surface area contributed by atoms with Crippen LogP contribution in [-0.4, -0.2) is 36.4 Å². The largest absolute Gasteiger partial charge is 0.388 e. The molecule has 2 fully saturated rings. The Kier molecular flexibility index (Phi) is 5.89. The zero-order valence-corrected chi connectivity index (χ0v) is 14.5. The lowest BCUT2D eigenvalue weighted by atomic mass is 9.69. The van der Waals surface area contributed by atoms with Gasteiger partial charge in [0, 0.05) is 39.0 Å². The quantitative estimate of drug-likeness (QED) is 0.839. The number of hydrogen-bond donors (Lipinski definition) is 2. The number of ether oxygens (including phenoxy) is 1. The molecule has 1 amide bonds. The van der Waals surface area contributed by atoms with Crippen LogP contribution in [0.25, 0.3) is 0 Å². The highest BCUT2D eigenvalue weighted by molar-refractivity contribution is 5.76. The van der Waals surface area contributed by atoms with Crippen LogP contribution in [0.2, 0.25) is 0 Å². The second kappa shape index (κ2) is 7.31. The highest BCUT2D eigenvalue weighted by Gasteiger charge is 2.32. The molecule has 1 heterocycles. The molecule has 0 radical (unpaired) electrons. The van der Waals surface area contributed by atoms with Crippen molar-refractivity contribution in [2.45, 2.75) is 71.3 Å². The van der Waals surface area contributed by atoms with Gasteiger partial charge in [-0.3, -0.25) is 4.79 Å². The molecular weight excluding hydrogens is 278 g/mol. The minimum Gasteiger partial charge on any atom is -0.388 e. The van der Waals surface area contributed by atoms with E-state index in [-0.39, 0.29) is 5.91 Å². The topological polar surface area (TPSA) is 58.6 Å². The van der Waals surface area contributed by atoms with Crippen molar-refractivity contribution in [2.24, 2.45) is 17.3 Å². The molecule has 1 aliphatic heterocycles. The Hall–Kier alpha value is -0.610. The van der Waals surface area contributed by atoms with Crippen molar-refractivity contribution in [1.29, 1.82) is 0 Å². The summed E-state index contributed by atoms with van der Waals surface area (Å²) in [5.74, 6) is 1.40. The maximum atomic E-state index is 12.1. The van der Waals surface area contributed by atoms with Gasteiger partial charge in [-0.15, -0.1) is 0 Å². The first-order valence-electron chi connectivity index (χ1n) is 8.85. The van der Waals surface area contributed by atoms with Crippen LogP contribution >= 0.6 is 0 Å². The summed E-state index contributed by atoms with van der Waals surface area (Å²) in [7, 11) is 0. The lowest BCUT2D eigenvalue weighted by Crippen LogP contribution is -2.47. The van der Waals surface area contributed by atoms with Gasteiger partial charge in [-0.05, 0) is 42.9 Å². The molecular formula is C18H33NO3. The first-order valence-corrected chi connectivity index (χ1v) is 8.85. The zero-order valence-electron chi connectivity index (χ0n) is 14.5. The van der Waals surface area contributed by atoms with Crippen molar-refractivity contribution in [3.63, 3.8) is 0 Å². The molecule has 0 aromatic carbocycles. The zero-order chi connectivity index (χ0) is 16.2. The molecule has 1 saturated heterocycles. The molecule has 4 heteroatoms. The van der Waals surface area contributed by atoms with E-state index in [1.807, 2.05) is 0 Å². The molecule has 4 nitrogen and oxygen atoms in total. The van der Waals surface area contributed by atoms with E-state index in [1.54, 1.807) is 0 Å². The van der Waals surface area contributed by atoms with Gasteiger partial charge in [0.1, 0.15) is 0 Å². The van der Waals surface area contributed by atoms with E-state index in [0.29, 0.717) is 50.4 Å². The van der Waals surface area contributed by atoms with Crippen molar-refractivity contribution < 1.29 is 14.6 Å². The average Bonchev–Trinajstić information content (AvgIpc) is 2.46. The third-order valence-electron chi connectivity index (χ3n) is 5.58. The third-order valence-corrected chi connectivity index (χ3v) is 5.58. The van der Waals surface area contributed by atoms with E-state index in [4.69, 9.17) is 4.74 Å². The normalized spacial score (nSPS) is 29.1. The van der Waals surface area contributed by atoms with Gasteiger partial charge in [-0.25, -0.2) is 0 Å². The van der Waals surface area contributed by atoms with Crippen LogP contribution in [0.1, 0.15) is 65.7 Å². The first kappa shape index (κ1) is 17.7. The number of aliphatic hydroxyl groups is 1. The van der Waals surface area contributed by atoms with Gasteiger partial charge in [0.2, 0.25) is 5.91 Å². The number of hydrogen-bond acceptors (Lipinski definition) is 3. The molecule has 2 aliphatic rings. The predicted molar refractivity (Wildman–Crippen MR) is 87.5 cm³/mol. The Morgan fingerprint density at radius 3 is 2.32 bits per heavy atom. The van der Waals surface area contributed by atoms with Crippen LogP contribution in [0.3, 0.4) is 0 Å². The molecule has 128 valence electrons. The summed E-state index contributed by atoms with van der Waals surface area (Å²) >= 11 is 0. The van der Waals surface area contributed by atoms with E-state index in [1.165, 1.54) is 12.8 Å². The van der Waals surface area contributed by atoms with Crippen LogP contribution in [0, 0.1) is 17.3 Å². The van der Waals surface area contributed by atoms with Gasteiger partial charge in [-0.1, -0.05) is 20.8 Å². The molecule has 2 rings (SSSR count). The summed E-state index contributed by atoms with van der Waals surface area (Å²) in [6.07, 6.45) is 6.64. The number of nitrogens with one attached hydrogen (secondary N) is 1. The fourth-order valence-corrected chi connectivity index (χ4v) is 3.76. The van der Waals surface area contributed by atoms with Crippen molar-refractivity contribution >= 4 is 5.91 Å². The minimum atomic E-state index is -0.766. The molecule has 1 saturated carbocycles. The van der Waals surface area contributed by atoms with E-state index < -0.39 is 5.60 Å². The fourth-order valence-electron chi connectivity index (χ4n) is 3.76. The number of rotatable bonds is 4. The van der Waals surface area contributed by atoms with Crippen molar-refractivity contribution in [3.8, 4) is 0 Å². The van der Waals surface area contributed by atoms with Gasteiger partial charge in [0.05, 0.1) is 5.60 Å². The summed E-state index contributed by atoms with van der Waals surface area (Å²) < 4.78 is 5.26. The molecule has 0 aromatic heterocycles. The fraction of sp³-hybridized carbons (Fsp3) is 0.944. The van der Waals surface area contributed by atoms with Crippen molar-refractivity contribution in [1.82, 2.24) is 5.32 Å². The standard InChI is InChI=1S/C18H33NO3/c1-17(2,3)15-6-4-14(5-7-15)12-16(20)19-13-18(21)8-10-22-11-9-18/h14-15,21H,4-13H2,1-3H3,(H,19,20). The lowest BCUT2D eigenvalue weighted by Gasteiger charge is -2.37. The van der Waals surface area contributed by atoms with Crippen LogP contribution in [0.4, 0.5) is 0 Å². The Labute approximate surface area is 135 Å². The van der Waals surface area contributed by atoms with Crippen LogP contribution < -0.4 is 5.32 Å². The minimum absolute atomic E-state index is 0.0964. The Morgan fingerprint density at radius 1 is 1.18 bits per heavy atom. The second-order valence-electron chi connectivity index (χ2n) is 8.40. The van der Waals surface area contributed by atoms with Crippen LogP contribution in [0.5, 0.6) is 0 Å². The smallest absolute Gasteiger partial charge is 0.220 e. The summed E-state index contributed by atoms with van der Waals surface area (Å²) in [4.78, 5) is 12.1. The molecule has 0 atom stereocenters. The molecule has 0 spiro atoms. The van der Waals surface area contributed by atoms with E-state index in [2.05, 4.69) is 26.1 Å². The van der Waals surface area contributed by atoms with E-state index in [0.717, 1.165) is 18.8 Å². The predicted octanol–water partition coefficient (Wildman–Crippen LogP) is 2.89. The first-order chi connectivity index (χ1) is 10.3. The molecule has 0 unspecified atom stereocenters. The maximum Gasteiger partial charge on any atom is 0.220 e. The van der Waals surface area contributed by atoms with Crippen LogP contribution in [0.15, 0.2) is 0 Å². The van der Waals surface area contributed by atoms with Gasteiger partial charge in [-0.2, -0.15) is 0 Å². The van der Waals surface area contributed by atoms with Gasteiger partial charge in [0.15, 0.2) is 0 Å². The number of amides is 1. The maximum absolute atomic E-state index is 12.1. The summed E-state index contributed by atoms with van der Waals surface area (Å²) in [5, 5.41) is 13.3. The third kappa shape index (κ3) is 5.24. The molecule has 0 aromatic rings. The Bertz CT molecular complexity index is 361. The average molecular weight is 311 g/mol. The Morgan fingerprint density at radius 2 is 1.77 bits per heavy atom. The molecule has 2 N–H and O–H groups in total. The van der Waals surface area contributed by atoms with Gasteiger partial charge >= 0.3 is 0 Å². The van der Waals surface area contributed by atoms with E-state index >= 15 is 0 Å². The van der Waals surface area contributed by atoms with Crippen molar-refractivity contribution in [2.75, 3.05) is 19.8 Å². The van der Waals surface area contributed by atoms with Crippen LogP contribution in [-0.2, 0) is 9.53 Å². The highest BCUT2D eigenvalue weighted by Crippen LogP contribution is 2.40. The molecule has 22 heavy (non-hydrogen) atoms. The van der Waals surface area contributed by atoms with Gasteiger partial charge in [0.25, 0.3) is 0 Å². The lowest BCUT2D eigenvalue weighted by molar-refractivity contribution is -0.125. The molecule has 1 aliphatic carbocycles. The SMILES string of the molecule is CC(C)(C)C1CCC(CC(=O)NCC2(O)CCOCC2)CC1. The monoisotopic (exact) mass is 311 g/mol. The highest BCUT2D eigenvalue weighted by atomic mass is 16.5. The Balaban J connectivity index is 1.68. The van der Waals surface area contributed by atoms with E-state index in [9.17, 15) is 9.90 Å². The van der Waals surface area contributed by atoms with Gasteiger partial charge < -0.3 is 15.2 Å².